The van der Waals surface area contributed by atoms with Crippen molar-refractivity contribution in [3.8, 4) is 5.75 Å². The van der Waals surface area contributed by atoms with E-state index in [4.69, 9.17) is 9.47 Å². The van der Waals surface area contributed by atoms with Gasteiger partial charge in [0.25, 0.3) is 5.91 Å². The highest BCUT2D eigenvalue weighted by molar-refractivity contribution is 7.18. The number of nitrogens with zero attached hydrogens (tertiary/aromatic N) is 3. The Balaban J connectivity index is 0.000000273. The molecule has 0 unspecified atom stereocenters. The summed E-state index contributed by atoms with van der Waals surface area (Å²) < 4.78 is 10.1. The summed E-state index contributed by atoms with van der Waals surface area (Å²) in [6, 6.07) is 6.68. The molecule has 1 aromatic heterocycles. The highest BCUT2D eigenvalue weighted by atomic mass is 32.1. The van der Waals surface area contributed by atoms with Crippen LogP contribution in [0.15, 0.2) is 30.5 Å². The van der Waals surface area contributed by atoms with Crippen LogP contribution in [0.25, 0.3) is 0 Å². The molecule has 1 aliphatic rings. The van der Waals surface area contributed by atoms with E-state index >= 15 is 0 Å². The summed E-state index contributed by atoms with van der Waals surface area (Å²) in [5, 5.41) is 13.0. The first kappa shape index (κ1) is 20.3. The monoisotopic (exact) mass is 394 g/mol. The standard InChI is InChI=1S/C11H9N3O4S.C5H9NO2/c1-18-8-5-3-2-4-7(8)10(15)13-11-12-6-9(19-11)14(16)17;7-5-6-1-3-8-4-2-6/h2-6H,1H3,(H,12,13,15);5H,1-4H2. The van der Waals surface area contributed by atoms with Crippen LogP contribution in [-0.4, -0.2) is 60.5 Å². The summed E-state index contributed by atoms with van der Waals surface area (Å²) in [7, 11) is 1.46. The molecule has 11 heteroatoms. The zero-order chi connectivity index (χ0) is 19.6. The third kappa shape index (κ3) is 6.01. The number of thiazole rings is 1. The Morgan fingerprint density at radius 1 is 1.41 bits per heavy atom. The quantitative estimate of drug-likeness (QED) is 0.466. The molecule has 3 rings (SSSR count). The van der Waals surface area contributed by atoms with Crippen LogP contribution >= 0.6 is 11.3 Å². The smallest absolute Gasteiger partial charge is 0.345 e. The fraction of sp³-hybridized carbons (Fsp3) is 0.312. The molecule has 1 aromatic carbocycles. The van der Waals surface area contributed by atoms with Gasteiger partial charge in [-0.2, -0.15) is 0 Å². The second-order valence-corrected chi connectivity index (χ2v) is 6.18. The Morgan fingerprint density at radius 3 is 2.67 bits per heavy atom. The van der Waals surface area contributed by atoms with E-state index in [-0.39, 0.29) is 10.1 Å². The van der Waals surface area contributed by atoms with Crippen molar-refractivity contribution in [1.82, 2.24) is 9.88 Å². The summed E-state index contributed by atoms with van der Waals surface area (Å²) in [6.45, 7) is 2.89. The first-order chi connectivity index (χ1) is 13.0. The molecule has 1 fully saturated rings. The highest BCUT2D eigenvalue weighted by Gasteiger charge is 2.16. The molecule has 2 heterocycles. The van der Waals surface area contributed by atoms with Crippen LogP contribution in [-0.2, 0) is 9.53 Å². The normalized spacial score (nSPS) is 13.1. The average molecular weight is 394 g/mol. The molecule has 1 N–H and O–H groups in total. The summed E-state index contributed by atoms with van der Waals surface area (Å²) in [5.41, 5.74) is 0.336. The molecular formula is C16H18N4O6S. The van der Waals surface area contributed by atoms with Gasteiger partial charge in [-0.1, -0.05) is 12.1 Å². The zero-order valence-corrected chi connectivity index (χ0v) is 15.3. The lowest BCUT2D eigenvalue weighted by molar-refractivity contribution is -0.380. The highest BCUT2D eigenvalue weighted by Crippen LogP contribution is 2.26. The first-order valence-corrected chi connectivity index (χ1v) is 8.68. The molecule has 2 aromatic rings. The largest absolute Gasteiger partial charge is 0.496 e. The van der Waals surface area contributed by atoms with Gasteiger partial charge >= 0.3 is 5.00 Å². The van der Waals surface area contributed by atoms with E-state index in [2.05, 4.69) is 10.3 Å². The van der Waals surface area contributed by atoms with E-state index in [0.717, 1.165) is 37.0 Å². The Labute approximate surface area is 158 Å². The van der Waals surface area contributed by atoms with E-state index in [0.29, 0.717) is 24.5 Å². The lowest BCUT2D eigenvalue weighted by atomic mass is 10.2. The van der Waals surface area contributed by atoms with Crippen molar-refractivity contribution in [2.24, 2.45) is 0 Å². The molecule has 1 aliphatic heterocycles. The van der Waals surface area contributed by atoms with E-state index in [1.165, 1.54) is 7.11 Å². The molecule has 0 atom stereocenters. The average Bonchev–Trinajstić information content (AvgIpc) is 3.18. The lowest BCUT2D eigenvalue weighted by Gasteiger charge is -2.21. The van der Waals surface area contributed by atoms with Gasteiger partial charge in [-0.3, -0.25) is 25.0 Å². The number of nitro groups is 1. The number of carbonyl (C=O) groups is 2. The van der Waals surface area contributed by atoms with Gasteiger partial charge in [0.05, 0.1) is 30.8 Å². The maximum atomic E-state index is 12.0. The van der Waals surface area contributed by atoms with Gasteiger partial charge in [0.1, 0.15) is 11.9 Å². The van der Waals surface area contributed by atoms with Crippen LogP contribution < -0.4 is 10.1 Å². The summed E-state index contributed by atoms with van der Waals surface area (Å²) in [5.74, 6) is -0.00671. The number of benzene rings is 1. The minimum Gasteiger partial charge on any atom is -0.496 e. The Hall–Kier alpha value is -3.05. The van der Waals surface area contributed by atoms with Gasteiger partial charge in [-0.15, -0.1) is 0 Å². The van der Waals surface area contributed by atoms with Crippen molar-refractivity contribution in [2.45, 2.75) is 0 Å². The maximum absolute atomic E-state index is 12.0. The number of rotatable bonds is 5. The number of ether oxygens (including phenoxy) is 2. The molecule has 0 aliphatic carbocycles. The number of anilines is 1. The number of carbonyl (C=O) groups excluding carboxylic acids is 2. The molecular weight excluding hydrogens is 376 g/mol. The van der Waals surface area contributed by atoms with Crippen molar-refractivity contribution in [2.75, 3.05) is 38.7 Å². The van der Waals surface area contributed by atoms with Crippen molar-refractivity contribution in [3.63, 3.8) is 0 Å². The number of nitrogens with one attached hydrogen (secondary N) is 1. The van der Waals surface area contributed by atoms with Crippen molar-refractivity contribution in [1.29, 1.82) is 0 Å². The molecule has 2 amide bonds. The van der Waals surface area contributed by atoms with E-state index in [9.17, 15) is 19.7 Å². The number of para-hydroxylation sites is 1. The Bertz CT molecular complexity index is 791. The summed E-state index contributed by atoms with van der Waals surface area (Å²) in [6.07, 6.45) is 1.96. The molecule has 0 radical (unpaired) electrons. The van der Waals surface area contributed by atoms with Crippen LogP contribution in [0.2, 0.25) is 0 Å². The SMILES string of the molecule is COc1ccccc1C(=O)Nc1ncc([N+](=O)[O-])s1.O=CN1CCOCC1. The van der Waals surface area contributed by atoms with Crippen molar-refractivity contribution < 1.29 is 24.0 Å². The van der Waals surface area contributed by atoms with Crippen LogP contribution in [0, 0.1) is 10.1 Å². The molecule has 27 heavy (non-hydrogen) atoms. The molecule has 144 valence electrons. The number of aromatic nitrogens is 1. The van der Waals surface area contributed by atoms with Crippen molar-refractivity contribution in [3.05, 3.63) is 46.1 Å². The van der Waals surface area contributed by atoms with E-state index in [1.54, 1.807) is 29.2 Å². The van der Waals surface area contributed by atoms with E-state index in [1.807, 2.05) is 0 Å². The fourth-order valence-corrected chi connectivity index (χ4v) is 2.71. The minimum atomic E-state index is -0.559. The van der Waals surface area contributed by atoms with E-state index < -0.39 is 10.8 Å². The van der Waals surface area contributed by atoms with Crippen molar-refractivity contribution >= 4 is 33.8 Å². The van der Waals surface area contributed by atoms with Crippen LogP contribution in [0.3, 0.4) is 0 Å². The third-order valence-corrected chi connectivity index (χ3v) is 4.30. The number of methoxy groups -OCH3 is 1. The third-order valence-electron chi connectivity index (χ3n) is 3.44. The Kier molecular flexibility index (Phi) is 7.64. The number of hydrogen-bond acceptors (Lipinski definition) is 8. The minimum absolute atomic E-state index is 0.129. The van der Waals surface area contributed by atoms with Gasteiger partial charge in [0.2, 0.25) is 6.41 Å². The summed E-state index contributed by atoms with van der Waals surface area (Å²) >= 11 is 0.794. The number of hydrogen-bond donors (Lipinski definition) is 1. The topological polar surface area (TPSA) is 124 Å². The van der Waals surface area contributed by atoms with Gasteiger partial charge < -0.3 is 14.4 Å². The number of amides is 2. The Morgan fingerprint density at radius 2 is 2.11 bits per heavy atom. The summed E-state index contributed by atoms with van der Waals surface area (Å²) in [4.78, 5) is 37.4. The second-order valence-electron chi connectivity index (χ2n) is 5.17. The second kappa shape index (κ2) is 10.2. The number of morpholine rings is 1. The molecule has 0 saturated carbocycles. The van der Waals surface area contributed by atoms with Gasteiger partial charge in [-0.25, -0.2) is 4.98 Å². The molecule has 1 saturated heterocycles. The molecule has 0 bridgehead atoms. The van der Waals surface area contributed by atoms with Gasteiger partial charge in [0.15, 0.2) is 5.13 Å². The predicted octanol–water partition coefficient (Wildman–Crippen LogP) is 1.79. The van der Waals surface area contributed by atoms with Crippen LogP contribution in [0.4, 0.5) is 10.1 Å². The van der Waals surface area contributed by atoms with Gasteiger partial charge in [0, 0.05) is 13.1 Å². The van der Waals surface area contributed by atoms with Crippen LogP contribution in [0.1, 0.15) is 10.4 Å². The maximum Gasteiger partial charge on any atom is 0.345 e. The molecule has 0 spiro atoms. The van der Waals surface area contributed by atoms with Crippen LogP contribution in [0.5, 0.6) is 5.75 Å². The first-order valence-electron chi connectivity index (χ1n) is 7.87. The fourth-order valence-electron chi connectivity index (χ4n) is 2.09. The lowest BCUT2D eigenvalue weighted by Crippen LogP contribution is -2.34. The zero-order valence-electron chi connectivity index (χ0n) is 14.5. The predicted molar refractivity (Wildman–Crippen MR) is 98.2 cm³/mol. The van der Waals surface area contributed by atoms with Gasteiger partial charge in [-0.05, 0) is 23.5 Å². The molecule has 10 nitrogen and oxygen atoms in total.